The summed E-state index contributed by atoms with van der Waals surface area (Å²) in [6, 6.07) is 10.3. The zero-order valence-electron chi connectivity index (χ0n) is 14.6. The smallest absolute Gasteiger partial charge is 0.244 e. The van der Waals surface area contributed by atoms with E-state index < -0.39 is 0 Å². The van der Waals surface area contributed by atoms with Gasteiger partial charge in [0.25, 0.3) is 0 Å². The number of rotatable bonds is 3. The maximum absolute atomic E-state index is 12.4. The molecule has 0 aliphatic carbocycles. The number of guanidine groups is 1. The van der Waals surface area contributed by atoms with Gasteiger partial charge in [-0.2, -0.15) is 0 Å². The van der Waals surface area contributed by atoms with Crippen molar-refractivity contribution >= 4 is 41.5 Å². The third-order valence-electron chi connectivity index (χ3n) is 4.81. The summed E-state index contributed by atoms with van der Waals surface area (Å²) in [4.78, 5) is 23.0. The maximum atomic E-state index is 12.4. The first kappa shape index (κ1) is 19.8. The summed E-state index contributed by atoms with van der Waals surface area (Å²) in [6.45, 7) is 5.29. The van der Waals surface area contributed by atoms with Crippen molar-refractivity contribution in [2.24, 2.45) is 10.7 Å². The zero-order valence-corrected chi connectivity index (χ0v) is 17.0. The summed E-state index contributed by atoms with van der Waals surface area (Å²) in [5, 5.41) is 0. The number of carbonyl (C=O) groups is 1. The molecule has 1 amide bonds. The first-order chi connectivity index (χ1) is 11.7. The number of aliphatic imine (C=N–C) groups is 1. The molecule has 2 aliphatic heterocycles. The van der Waals surface area contributed by atoms with Gasteiger partial charge in [-0.05, 0) is 31.4 Å². The molecule has 0 spiro atoms. The highest BCUT2D eigenvalue weighted by molar-refractivity contribution is 14.0. The molecular weight excluding hydrogens is 429 g/mol. The third kappa shape index (κ3) is 5.49. The molecule has 2 N–H and O–H groups in total. The van der Waals surface area contributed by atoms with E-state index in [4.69, 9.17) is 5.73 Å². The quantitative estimate of drug-likeness (QED) is 0.427. The second-order valence-corrected chi connectivity index (χ2v) is 6.43. The Hall–Kier alpha value is -1.51. The number of carbonyl (C=O) groups excluding carboxylic acids is 1. The lowest BCUT2D eigenvalue weighted by Crippen LogP contribution is -2.49. The van der Waals surface area contributed by atoms with Crippen LogP contribution in [-0.2, 0) is 4.79 Å². The van der Waals surface area contributed by atoms with Crippen LogP contribution in [0.2, 0.25) is 0 Å². The van der Waals surface area contributed by atoms with Crippen LogP contribution in [0.15, 0.2) is 35.3 Å². The first-order valence-electron chi connectivity index (χ1n) is 8.87. The van der Waals surface area contributed by atoms with Gasteiger partial charge in [-0.25, -0.2) is 4.99 Å². The van der Waals surface area contributed by atoms with E-state index in [1.165, 1.54) is 12.1 Å². The Morgan fingerprint density at radius 3 is 2.20 bits per heavy atom. The molecule has 7 heteroatoms. The third-order valence-corrected chi connectivity index (χ3v) is 4.81. The summed E-state index contributed by atoms with van der Waals surface area (Å²) in [6.07, 6.45) is 3.58. The molecule has 138 valence electrons. The van der Waals surface area contributed by atoms with Crippen LogP contribution in [0.3, 0.4) is 0 Å². The van der Waals surface area contributed by atoms with E-state index >= 15 is 0 Å². The molecule has 3 rings (SSSR count). The molecule has 1 aromatic rings. The first-order valence-corrected chi connectivity index (χ1v) is 8.87. The minimum absolute atomic E-state index is 0. The molecule has 0 saturated carbocycles. The molecule has 1 aromatic carbocycles. The Morgan fingerprint density at radius 1 is 0.920 bits per heavy atom. The fourth-order valence-corrected chi connectivity index (χ4v) is 3.32. The minimum Gasteiger partial charge on any atom is -0.370 e. The highest BCUT2D eigenvalue weighted by Gasteiger charge is 2.21. The average molecular weight is 457 g/mol. The number of nitrogens with two attached hydrogens (primary N) is 1. The molecule has 0 radical (unpaired) electrons. The van der Waals surface area contributed by atoms with Gasteiger partial charge in [0.05, 0.1) is 0 Å². The number of piperazine rings is 1. The normalized spacial score (nSPS) is 18.7. The number of hydrogen-bond donors (Lipinski definition) is 1. The Morgan fingerprint density at radius 2 is 1.56 bits per heavy atom. The molecule has 2 saturated heterocycles. The summed E-state index contributed by atoms with van der Waals surface area (Å²) in [5.41, 5.74) is 7.24. The van der Waals surface area contributed by atoms with Crippen LogP contribution in [-0.4, -0.2) is 67.5 Å². The standard InChI is InChI=1S/C18H27N5O.HI/c19-18(23-9-5-2-6-10-23)20-15-17(24)22-13-11-21(12-14-22)16-7-3-1-4-8-16;/h1,3-4,7-8H,2,5-6,9-15H2,(H2,19,20);1H. The Balaban J connectivity index is 0.00000225. The molecule has 0 unspecified atom stereocenters. The largest absolute Gasteiger partial charge is 0.370 e. The second kappa shape index (κ2) is 9.84. The van der Waals surface area contributed by atoms with Crippen molar-refractivity contribution < 1.29 is 4.79 Å². The molecule has 0 aromatic heterocycles. The van der Waals surface area contributed by atoms with E-state index in [0.717, 1.165) is 52.1 Å². The molecule has 2 fully saturated rings. The Labute approximate surface area is 167 Å². The monoisotopic (exact) mass is 457 g/mol. The van der Waals surface area contributed by atoms with E-state index in [-0.39, 0.29) is 36.4 Å². The van der Waals surface area contributed by atoms with Gasteiger partial charge in [0.2, 0.25) is 5.91 Å². The molecule has 0 atom stereocenters. The predicted octanol–water partition coefficient (Wildman–Crippen LogP) is 1.75. The van der Waals surface area contributed by atoms with Crippen LogP contribution >= 0.6 is 24.0 Å². The van der Waals surface area contributed by atoms with E-state index in [9.17, 15) is 4.79 Å². The number of anilines is 1. The van der Waals surface area contributed by atoms with Crippen molar-refractivity contribution in [2.75, 3.05) is 50.7 Å². The van der Waals surface area contributed by atoms with E-state index in [1.807, 2.05) is 23.1 Å². The molecule has 2 heterocycles. The minimum atomic E-state index is 0. The van der Waals surface area contributed by atoms with Gasteiger partial charge in [-0.1, -0.05) is 18.2 Å². The molecule has 0 bridgehead atoms. The van der Waals surface area contributed by atoms with Crippen molar-refractivity contribution in [3.63, 3.8) is 0 Å². The Bertz CT molecular complexity index is 566. The summed E-state index contributed by atoms with van der Waals surface area (Å²) < 4.78 is 0. The summed E-state index contributed by atoms with van der Waals surface area (Å²) in [5.74, 6) is 0.591. The zero-order chi connectivity index (χ0) is 16.8. The van der Waals surface area contributed by atoms with Gasteiger partial charge >= 0.3 is 0 Å². The highest BCUT2D eigenvalue weighted by atomic mass is 127. The van der Waals surface area contributed by atoms with Crippen LogP contribution in [0.5, 0.6) is 0 Å². The van der Waals surface area contributed by atoms with Crippen LogP contribution in [0.1, 0.15) is 19.3 Å². The van der Waals surface area contributed by atoms with Gasteiger partial charge in [-0.15, -0.1) is 24.0 Å². The highest BCUT2D eigenvalue weighted by Crippen LogP contribution is 2.15. The van der Waals surface area contributed by atoms with Crippen molar-refractivity contribution in [1.29, 1.82) is 0 Å². The van der Waals surface area contributed by atoms with E-state index in [0.29, 0.717) is 5.96 Å². The molecule has 6 nitrogen and oxygen atoms in total. The number of amides is 1. The average Bonchev–Trinajstić information content (AvgIpc) is 2.67. The fourth-order valence-electron chi connectivity index (χ4n) is 3.32. The maximum Gasteiger partial charge on any atom is 0.244 e. The lowest BCUT2D eigenvalue weighted by Gasteiger charge is -2.36. The fraction of sp³-hybridized carbons (Fsp3) is 0.556. The number of hydrogen-bond acceptors (Lipinski definition) is 3. The molecule has 2 aliphatic rings. The van der Waals surface area contributed by atoms with Crippen molar-refractivity contribution in [1.82, 2.24) is 9.80 Å². The van der Waals surface area contributed by atoms with Crippen LogP contribution in [0.4, 0.5) is 5.69 Å². The number of benzene rings is 1. The van der Waals surface area contributed by atoms with Crippen molar-refractivity contribution in [3.8, 4) is 0 Å². The van der Waals surface area contributed by atoms with Crippen molar-refractivity contribution in [3.05, 3.63) is 30.3 Å². The number of likely N-dealkylation sites (tertiary alicyclic amines) is 1. The lowest BCUT2D eigenvalue weighted by molar-refractivity contribution is -0.129. The topological polar surface area (TPSA) is 65.2 Å². The van der Waals surface area contributed by atoms with Gasteiger partial charge in [0, 0.05) is 45.0 Å². The lowest BCUT2D eigenvalue weighted by atomic mass is 10.1. The van der Waals surface area contributed by atoms with Gasteiger partial charge in [-0.3, -0.25) is 4.79 Å². The van der Waals surface area contributed by atoms with Crippen LogP contribution in [0, 0.1) is 0 Å². The number of piperidine rings is 1. The molecular formula is C18H28IN5O. The summed E-state index contributed by atoms with van der Waals surface area (Å²) >= 11 is 0. The van der Waals surface area contributed by atoms with Crippen molar-refractivity contribution in [2.45, 2.75) is 19.3 Å². The summed E-state index contributed by atoms with van der Waals surface area (Å²) in [7, 11) is 0. The van der Waals surface area contributed by atoms with Gasteiger partial charge < -0.3 is 20.4 Å². The SMILES string of the molecule is I.NC(=NCC(=O)N1CCN(c2ccccc2)CC1)N1CCCCC1. The van der Waals surface area contributed by atoms with E-state index in [2.05, 4.69) is 26.9 Å². The van der Waals surface area contributed by atoms with Gasteiger partial charge in [0.15, 0.2) is 5.96 Å². The van der Waals surface area contributed by atoms with Crippen LogP contribution in [0.25, 0.3) is 0 Å². The molecule has 25 heavy (non-hydrogen) atoms. The second-order valence-electron chi connectivity index (χ2n) is 6.43. The van der Waals surface area contributed by atoms with Crippen LogP contribution < -0.4 is 10.6 Å². The van der Waals surface area contributed by atoms with E-state index in [1.54, 1.807) is 0 Å². The Kier molecular flexibility index (Phi) is 7.80. The number of nitrogens with zero attached hydrogens (tertiary/aromatic N) is 4. The predicted molar refractivity (Wildman–Crippen MR) is 113 cm³/mol. The van der Waals surface area contributed by atoms with Gasteiger partial charge in [0.1, 0.15) is 6.54 Å². The number of halogens is 1. The number of para-hydroxylation sites is 1.